The van der Waals surface area contributed by atoms with Gasteiger partial charge in [-0.1, -0.05) is 30.3 Å². The van der Waals surface area contributed by atoms with Gasteiger partial charge in [0.1, 0.15) is 11.9 Å². The molecule has 0 saturated carbocycles. The van der Waals surface area contributed by atoms with Gasteiger partial charge in [0, 0.05) is 18.4 Å². The summed E-state index contributed by atoms with van der Waals surface area (Å²) in [4.78, 5) is 0. The third-order valence-electron chi connectivity index (χ3n) is 3.19. The van der Waals surface area contributed by atoms with Crippen molar-refractivity contribution in [2.24, 2.45) is 0 Å². The van der Waals surface area contributed by atoms with Gasteiger partial charge in [0.05, 0.1) is 4.47 Å². The topological polar surface area (TPSA) is 27.1 Å². The molecule has 1 atom stereocenters. The molecule has 0 spiro atoms. The van der Waals surface area contributed by atoms with Crippen LogP contribution in [0.3, 0.4) is 0 Å². The van der Waals surface area contributed by atoms with Crippen LogP contribution in [-0.4, -0.2) is 16.4 Å². The van der Waals surface area contributed by atoms with E-state index in [4.69, 9.17) is 4.74 Å². The van der Waals surface area contributed by atoms with Crippen LogP contribution in [0.2, 0.25) is 0 Å². The molecule has 1 unspecified atom stereocenters. The van der Waals surface area contributed by atoms with Crippen LogP contribution in [0.1, 0.15) is 25.5 Å². The van der Waals surface area contributed by atoms with E-state index in [1.807, 2.05) is 29.1 Å². The predicted molar refractivity (Wildman–Crippen MR) is 74.2 cm³/mol. The second kappa shape index (κ2) is 5.24. The summed E-state index contributed by atoms with van der Waals surface area (Å²) in [6.07, 6.45) is 5.51. The maximum Gasteiger partial charge on any atom is 0.150 e. The van der Waals surface area contributed by atoms with Gasteiger partial charge in [0.25, 0.3) is 0 Å². The van der Waals surface area contributed by atoms with Crippen molar-refractivity contribution in [2.75, 3.05) is 6.61 Å². The van der Waals surface area contributed by atoms with Crippen molar-refractivity contribution in [3.8, 4) is 11.3 Å². The van der Waals surface area contributed by atoms with E-state index in [-0.39, 0.29) is 6.23 Å². The highest BCUT2D eigenvalue weighted by molar-refractivity contribution is 9.10. The SMILES string of the molecule is Brc1cn(C2CCCCO2)nc1-c1ccccc1. The maximum absolute atomic E-state index is 5.75. The van der Waals surface area contributed by atoms with E-state index >= 15 is 0 Å². The molecule has 1 saturated heterocycles. The third-order valence-corrected chi connectivity index (χ3v) is 3.77. The molecule has 1 aliphatic rings. The lowest BCUT2D eigenvalue weighted by Gasteiger charge is -2.22. The normalized spacial score (nSPS) is 19.9. The van der Waals surface area contributed by atoms with Gasteiger partial charge in [-0.2, -0.15) is 5.10 Å². The Kier molecular flexibility index (Phi) is 3.48. The summed E-state index contributed by atoms with van der Waals surface area (Å²) in [5, 5.41) is 4.65. The van der Waals surface area contributed by atoms with E-state index in [1.54, 1.807) is 0 Å². The molecular weight excluding hydrogens is 292 g/mol. The minimum atomic E-state index is 0.0903. The van der Waals surface area contributed by atoms with Gasteiger partial charge in [-0.05, 0) is 35.2 Å². The molecule has 1 aliphatic heterocycles. The molecule has 1 aromatic heterocycles. The molecule has 3 nitrogen and oxygen atoms in total. The zero-order valence-corrected chi connectivity index (χ0v) is 11.6. The minimum absolute atomic E-state index is 0.0903. The first kappa shape index (κ1) is 11.9. The first-order chi connectivity index (χ1) is 8.84. The highest BCUT2D eigenvalue weighted by Crippen LogP contribution is 2.30. The van der Waals surface area contributed by atoms with Gasteiger partial charge < -0.3 is 4.74 Å². The first-order valence-electron chi connectivity index (χ1n) is 6.26. The fourth-order valence-corrected chi connectivity index (χ4v) is 2.76. The fourth-order valence-electron chi connectivity index (χ4n) is 2.24. The molecule has 0 radical (unpaired) electrons. The number of rotatable bonds is 2. The van der Waals surface area contributed by atoms with Crippen molar-refractivity contribution >= 4 is 15.9 Å². The number of ether oxygens (including phenoxy) is 1. The molecule has 0 bridgehead atoms. The second-order valence-corrected chi connectivity index (χ2v) is 5.35. The molecule has 0 N–H and O–H groups in total. The van der Waals surface area contributed by atoms with Gasteiger partial charge in [-0.15, -0.1) is 0 Å². The van der Waals surface area contributed by atoms with E-state index in [1.165, 1.54) is 6.42 Å². The molecule has 3 rings (SSSR count). The highest BCUT2D eigenvalue weighted by Gasteiger charge is 2.18. The number of hydrogen-bond acceptors (Lipinski definition) is 2. The molecule has 94 valence electrons. The van der Waals surface area contributed by atoms with Gasteiger partial charge in [0.2, 0.25) is 0 Å². The average Bonchev–Trinajstić information content (AvgIpc) is 2.83. The zero-order valence-electron chi connectivity index (χ0n) is 10.1. The summed E-state index contributed by atoms with van der Waals surface area (Å²) >= 11 is 3.58. The summed E-state index contributed by atoms with van der Waals surface area (Å²) < 4.78 is 8.70. The molecule has 1 fully saturated rings. The summed E-state index contributed by atoms with van der Waals surface area (Å²) in [5.74, 6) is 0. The Morgan fingerprint density at radius 2 is 2.06 bits per heavy atom. The Bertz CT molecular complexity index is 518. The summed E-state index contributed by atoms with van der Waals surface area (Å²) in [6.45, 7) is 0.836. The van der Waals surface area contributed by atoms with Crippen molar-refractivity contribution in [1.29, 1.82) is 0 Å². The minimum Gasteiger partial charge on any atom is -0.357 e. The maximum atomic E-state index is 5.75. The Labute approximate surface area is 115 Å². The van der Waals surface area contributed by atoms with Gasteiger partial charge >= 0.3 is 0 Å². The molecule has 4 heteroatoms. The second-order valence-electron chi connectivity index (χ2n) is 4.49. The van der Waals surface area contributed by atoms with Crippen LogP contribution in [0.5, 0.6) is 0 Å². The quantitative estimate of drug-likeness (QED) is 0.838. The van der Waals surface area contributed by atoms with Gasteiger partial charge in [0.15, 0.2) is 0 Å². The lowest BCUT2D eigenvalue weighted by atomic mass is 10.2. The van der Waals surface area contributed by atoms with E-state index in [2.05, 4.69) is 33.2 Å². The molecule has 0 aliphatic carbocycles. The number of benzene rings is 1. The van der Waals surface area contributed by atoms with E-state index < -0.39 is 0 Å². The summed E-state index contributed by atoms with van der Waals surface area (Å²) in [6, 6.07) is 10.2. The van der Waals surface area contributed by atoms with Crippen LogP contribution >= 0.6 is 15.9 Å². The third kappa shape index (κ3) is 2.35. The van der Waals surface area contributed by atoms with E-state index in [9.17, 15) is 0 Å². The molecule has 1 aromatic carbocycles. The van der Waals surface area contributed by atoms with E-state index in [0.29, 0.717) is 0 Å². The molecule has 2 heterocycles. The van der Waals surface area contributed by atoms with Crippen LogP contribution in [0.25, 0.3) is 11.3 Å². The zero-order chi connectivity index (χ0) is 12.4. The summed E-state index contributed by atoms with van der Waals surface area (Å²) in [5.41, 5.74) is 2.10. The lowest BCUT2D eigenvalue weighted by molar-refractivity contribution is -0.0393. The standard InChI is InChI=1S/C14H15BrN2O/c15-12-10-17(13-8-4-5-9-18-13)16-14(12)11-6-2-1-3-7-11/h1-3,6-7,10,13H,4-5,8-9H2. The Morgan fingerprint density at radius 1 is 1.22 bits per heavy atom. The fraction of sp³-hybridized carbons (Fsp3) is 0.357. The Balaban J connectivity index is 1.91. The van der Waals surface area contributed by atoms with Crippen molar-refractivity contribution in [3.05, 3.63) is 41.0 Å². The molecule has 2 aromatic rings. The largest absolute Gasteiger partial charge is 0.357 e. The molecule has 0 amide bonds. The van der Waals surface area contributed by atoms with Gasteiger partial charge in [-0.25, -0.2) is 4.68 Å². The number of aromatic nitrogens is 2. The number of hydrogen-bond donors (Lipinski definition) is 0. The van der Waals surface area contributed by atoms with Crippen molar-refractivity contribution in [3.63, 3.8) is 0 Å². The molecular formula is C14H15BrN2O. The summed E-state index contributed by atoms with van der Waals surface area (Å²) in [7, 11) is 0. The lowest BCUT2D eigenvalue weighted by Crippen LogP contribution is -2.18. The smallest absolute Gasteiger partial charge is 0.150 e. The van der Waals surface area contributed by atoms with E-state index in [0.717, 1.165) is 35.2 Å². The van der Waals surface area contributed by atoms with Crippen LogP contribution in [0.4, 0.5) is 0 Å². The highest BCUT2D eigenvalue weighted by atomic mass is 79.9. The van der Waals surface area contributed by atoms with Crippen LogP contribution < -0.4 is 0 Å². The predicted octanol–water partition coefficient (Wildman–Crippen LogP) is 4.01. The Hall–Kier alpha value is -1.13. The Morgan fingerprint density at radius 3 is 2.78 bits per heavy atom. The number of nitrogens with zero attached hydrogens (tertiary/aromatic N) is 2. The monoisotopic (exact) mass is 306 g/mol. The average molecular weight is 307 g/mol. The van der Waals surface area contributed by atoms with Crippen LogP contribution in [-0.2, 0) is 4.74 Å². The van der Waals surface area contributed by atoms with Crippen LogP contribution in [0.15, 0.2) is 41.0 Å². The van der Waals surface area contributed by atoms with Gasteiger partial charge in [-0.3, -0.25) is 0 Å². The first-order valence-corrected chi connectivity index (χ1v) is 7.05. The van der Waals surface area contributed by atoms with Crippen molar-refractivity contribution < 1.29 is 4.74 Å². The molecule has 18 heavy (non-hydrogen) atoms. The van der Waals surface area contributed by atoms with Crippen LogP contribution in [0, 0.1) is 0 Å². The number of halogens is 1. The van der Waals surface area contributed by atoms with Crippen molar-refractivity contribution in [1.82, 2.24) is 9.78 Å². The van der Waals surface area contributed by atoms with Crippen molar-refractivity contribution in [2.45, 2.75) is 25.5 Å².